The number of aromatic amines is 1. The van der Waals surface area contributed by atoms with Gasteiger partial charge in [-0.3, -0.25) is 14.3 Å². The topological polar surface area (TPSA) is 103 Å². The number of aromatic nitrogens is 2. The maximum absolute atomic E-state index is 12.1. The van der Waals surface area contributed by atoms with E-state index in [2.05, 4.69) is 20.9 Å². The molecule has 1 aliphatic heterocycles. The van der Waals surface area contributed by atoms with Crippen molar-refractivity contribution in [3.05, 3.63) is 67.9 Å². The van der Waals surface area contributed by atoms with E-state index >= 15 is 0 Å². The molecule has 1 saturated heterocycles. The summed E-state index contributed by atoms with van der Waals surface area (Å²) in [6.45, 7) is 0.122. The Hall–Kier alpha value is -2.20. The third kappa shape index (κ3) is 4.95. The monoisotopic (exact) mass is 438 g/mol. The van der Waals surface area contributed by atoms with Crippen molar-refractivity contribution in [2.75, 3.05) is 13.4 Å². The van der Waals surface area contributed by atoms with Crippen LogP contribution < -0.4 is 16.0 Å². The summed E-state index contributed by atoms with van der Waals surface area (Å²) in [5.74, 6) is 0.676. The Labute approximate surface area is 163 Å². The van der Waals surface area contributed by atoms with Gasteiger partial charge in [-0.2, -0.15) is 0 Å². The molecular formula is C18H19BrN2O6. The van der Waals surface area contributed by atoms with E-state index in [0.29, 0.717) is 11.3 Å². The first kappa shape index (κ1) is 19.6. The van der Waals surface area contributed by atoms with Crippen molar-refractivity contribution >= 4 is 22.0 Å². The zero-order valence-electron chi connectivity index (χ0n) is 14.3. The molecule has 1 aromatic heterocycles. The summed E-state index contributed by atoms with van der Waals surface area (Å²) in [6.07, 6.45) is 1.01. The Kier molecular flexibility index (Phi) is 6.62. The van der Waals surface area contributed by atoms with Crippen LogP contribution in [-0.2, 0) is 9.47 Å². The van der Waals surface area contributed by atoms with E-state index in [1.165, 1.54) is 21.8 Å². The van der Waals surface area contributed by atoms with Crippen molar-refractivity contribution in [2.24, 2.45) is 0 Å². The molecule has 1 unspecified atom stereocenters. The Morgan fingerprint density at radius 2 is 2.11 bits per heavy atom. The van der Waals surface area contributed by atoms with E-state index in [9.17, 15) is 14.7 Å². The van der Waals surface area contributed by atoms with Gasteiger partial charge in [0.15, 0.2) is 6.79 Å². The van der Waals surface area contributed by atoms with Crippen molar-refractivity contribution in [3.63, 3.8) is 0 Å². The molecule has 0 radical (unpaired) electrons. The van der Waals surface area contributed by atoms with Gasteiger partial charge in [-0.25, -0.2) is 4.79 Å². The molecule has 144 valence electrons. The van der Waals surface area contributed by atoms with Gasteiger partial charge in [-0.15, -0.1) is 0 Å². The number of hydrogen-bond donors (Lipinski definition) is 2. The standard InChI is InChI=1S/C18H19BrN2O6/c19-7-6-12-9-21(18(24)20-17(12)23)16-8-14(22)15(27-16)10-25-11-26-13-4-2-1-3-5-13/h1-7,9,14-16,22H,8,10-11H2,(H,20,23,24)/t14?,15-,16-/m0/s1. The van der Waals surface area contributed by atoms with Crippen molar-refractivity contribution in [1.82, 2.24) is 9.55 Å². The molecule has 1 fully saturated rings. The highest BCUT2D eigenvalue weighted by atomic mass is 79.9. The number of ether oxygens (including phenoxy) is 3. The highest BCUT2D eigenvalue weighted by molar-refractivity contribution is 9.11. The van der Waals surface area contributed by atoms with Crippen molar-refractivity contribution in [3.8, 4) is 5.75 Å². The van der Waals surface area contributed by atoms with E-state index in [1.54, 1.807) is 0 Å². The average Bonchev–Trinajstić information content (AvgIpc) is 3.02. The molecule has 8 nitrogen and oxygen atoms in total. The highest BCUT2D eigenvalue weighted by Crippen LogP contribution is 2.28. The first-order chi connectivity index (χ1) is 13.1. The van der Waals surface area contributed by atoms with Crippen LogP contribution in [0.2, 0.25) is 0 Å². The third-order valence-electron chi connectivity index (χ3n) is 4.09. The molecule has 3 atom stereocenters. The van der Waals surface area contributed by atoms with Gasteiger partial charge < -0.3 is 19.3 Å². The Balaban J connectivity index is 1.59. The quantitative estimate of drug-likeness (QED) is 0.502. The lowest BCUT2D eigenvalue weighted by atomic mass is 10.2. The number of para-hydroxylation sites is 1. The van der Waals surface area contributed by atoms with Gasteiger partial charge in [0.05, 0.1) is 18.3 Å². The molecule has 2 aromatic rings. The van der Waals surface area contributed by atoms with Crippen LogP contribution in [0.4, 0.5) is 0 Å². The summed E-state index contributed by atoms with van der Waals surface area (Å²) >= 11 is 3.10. The zero-order valence-corrected chi connectivity index (χ0v) is 15.9. The molecule has 0 bridgehead atoms. The van der Waals surface area contributed by atoms with Crippen LogP contribution in [0.3, 0.4) is 0 Å². The maximum atomic E-state index is 12.1. The van der Waals surface area contributed by atoms with E-state index in [1.807, 2.05) is 30.3 Å². The van der Waals surface area contributed by atoms with Gasteiger partial charge >= 0.3 is 5.69 Å². The van der Waals surface area contributed by atoms with Gasteiger partial charge in [0.2, 0.25) is 0 Å². The summed E-state index contributed by atoms with van der Waals surface area (Å²) in [5.41, 5.74) is -0.804. The molecule has 2 heterocycles. The van der Waals surface area contributed by atoms with Crippen molar-refractivity contribution in [2.45, 2.75) is 24.9 Å². The van der Waals surface area contributed by atoms with Crippen molar-refractivity contribution < 1.29 is 19.3 Å². The van der Waals surface area contributed by atoms with E-state index < -0.39 is 29.7 Å². The number of nitrogens with zero attached hydrogens (tertiary/aromatic N) is 1. The molecule has 1 aromatic carbocycles. The number of rotatable bonds is 7. The van der Waals surface area contributed by atoms with Gasteiger partial charge in [0.1, 0.15) is 18.1 Å². The predicted octanol–water partition coefficient (Wildman–Crippen LogP) is 1.60. The number of aliphatic hydroxyl groups is 1. The van der Waals surface area contributed by atoms with Gasteiger partial charge in [0.25, 0.3) is 5.56 Å². The van der Waals surface area contributed by atoms with Gasteiger partial charge in [0, 0.05) is 12.6 Å². The second-order valence-electron chi connectivity index (χ2n) is 5.92. The van der Waals surface area contributed by atoms with Gasteiger partial charge in [-0.1, -0.05) is 34.1 Å². The fourth-order valence-corrected chi connectivity index (χ4v) is 3.01. The van der Waals surface area contributed by atoms with Crippen LogP contribution in [0, 0.1) is 0 Å². The first-order valence-corrected chi connectivity index (χ1v) is 9.21. The van der Waals surface area contributed by atoms with E-state index in [4.69, 9.17) is 14.2 Å². The summed E-state index contributed by atoms with van der Waals surface area (Å²) in [5, 5.41) is 10.2. The SMILES string of the molecule is O=c1[nH]c(=O)n([C@@H]2CC(O)[C@H](COCOc3ccccc3)O2)cc1C=CBr. The molecule has 2 N–H and O–H groups in total. The Morgan fingerprint density at radius 3 is 2.85 bits per heavy atom. The van der Waals surface area contributed by atoms with Crippen LogP contribution in [0.1, 0.15) is 18.2 Å². The second-order valence-corrected chi connectivity index (χ2v) is 6.45. The molecule has 0 aliphatic carbocycles. The highest BCUT2D eigenvalue weighted by Gasteiger charge is 2.35. The Morgan fingerprint density at radius 1 is 1.33 bits per heavy atom. The minimum absolute atomic E-state index is 0.0139. The lowest BCUT2D eigenvalue weighted by molar-refractivity contribution is -0.0867. The lowest BCUT2D eigenvalue weighted by Gasteiger charge is -2.16. The van der Waals surface area contributed by atoms with Crippen LogP contribution in [-0.4, -0.2) is 40.3 Å². The molecular weight excluding hydrogens is 420 g/mol. The van der Waals surface area contributed by atoms with Crippen molar-refractivity contribution in [1.29, 1.82) is 0 Å². The smallest absolute Gasteiger partial charge is 0.330 e. The Bertz CT molecular complexity index is 895. The fraction of sp³-hybridized carbons (Fsp3) is 0.333. The average molecular weight is 439 g/mol. The zero-order chi connectivity index (χ0) is 19.2. The van der Waals surface area contributed by atoms with Crippen LogP contribution in [0.25, 0.3) is 6.08 Å². The first-order valence-electron chi connectivity index (χ1n) is 8.30. The van der Waals surface area contributed by atoms with Crippen LogP contribution in [0.5, 0.6) is 5.75 Å². The van der Waals surface area contributed by atoms with Crippen LogP contribution in [0.15, 0.2) is 51.1 Å². The third-order valence-corrected chi connectivity index (χ3v) is 4.35. The number of aliphatic hydroxyl groups excluding tert-OH is 1. The summed E-state index contributed by atoms with van der Waals surface area (Å²) in [6, 6.07) is 9.20. The number of hydrogen-bond acceptors (Lipinski definition) is 6. The molecule has 27 heavy (non-hydrogen) atoms. The molecule has 1 aliphatic rings. The minimum Gasteiger partial charge on any atom is -0.468 e. The number of halogens is 1. The number of H-pyrrole nitrogens is 1. The molecule has 0 amide bonds. The van der Waals surface area contributed by atoms with E-state index in [0.717, 1.165) is 0 Å². The predicted molar refractivity (Wildman–Crippen MR) is 102 cm³/mol. The fourth-order valence-electron chi connectivity index (χ4n) is 2.73. The summed E-state index contributed by atoms with van der Waals surface area (Å²) in [7, 11) is 0. The maximum Gasteiger partial charge on any atom is 0.330 e. The molecule has 0 saturated carbocycles. The van der Waals surface area contributed by atoms with Gasteiger partial charge in [-0.05, 0) is 23.2 Å². The van der Waals surface area contributed by atoms with Crippen LogP contribution >= 0.6 is 15.9 Å². The largest absolute Gasteiger partial charge is 0.468 e. The summed E-state index contributed by atoms with van der Waals surface area (Å²) in [4.78, 5) is 27.6. The molecule has 3 rings (SSSR count). The van der Waals surface area contributed by atoms with E-state index in [-0.39, 0.29) is 19.8 Å². The second kappa shape index (κ2) is 9.14. The number of nitrogens with one attached hydrogen (secondary N) is 1. The molecule has 9 heteroatoms. The summed E-state index contributed by atoms with van der Waals surface area (Å²) < 4.78 is 17.8. The number of benzene rings is 1. The minimum atomic E-state index is -0.805. The lowest BCUT2D eigenvalue weighted by Crippen LogP contribution is -2.33. The normalized spacial score (nSPS) is 22.4. The molecule has 0 spiro atoms.